The number of carbonyl (C=O) groups excluding carboxylic acids is 1. The van der Waals surface area contributed by atoms with Crippen LogP contribution in [-0.2, 0) is 32.4 Å². The first kappa shape index (κ1) is 25.1. The normalized spacial score (nSPS) is 11.6. The molecule has 0 aliphatic rings. The van der Waals surface area contributed by atoms with Crippen LogP contribution in [0.5, 0.6) is 0 Å². The van der Waals surface area contributed by atoms with Gasteiger partial charge >= 0.3 is 6.18 Å². The number of halogens is 4. The van der Waals surface area contributed by atoms with Crippen LogP contribution in [0.2, 0.25) is 0 Å². The third-order valence-corrected chi connectivity index (χ3v) is 5.39. The van der Waals surface area contributed by atoms with Crippen LogP contribution < -0.4 is 5.32 Å². The molecule has 4 aromatic rings. The monoisotopic (exact) mass is 497 g/mol. The van der Waals surface area contributed by atoms with E-state index >= 15 is 0 Å². The molecule has 5 nitrogen and oxygen atoms in total. The summed E-state index contributed by atoms with van der Waals surface area (Å²) in [5, 5.41) is 2.76. The number of rotatable bonds is 9. The number of aromatic nitrogens is 1. The molecular formula is C27H23F4N3O2. The summed E-state index contributed by atoms with van der Waals surface area (Å²) in [4.78, 5) is 18.5. The van der Waals surface area contributed by atoms with Gasteiger partial charge in [0, 0.05) is 19.6 Å². The van der Waals surface area contributed by atoms with Crippen molar-refractivity contribution in [1.29, 1.82) is 0 Å². The van der Waals surface area contributed by atoms with Gasteiger partial charge in [0.2, 0.25) is 5.89 Å². The molecule has 0 saturated heterocycles. The van der Waals surface area contributed by atoms with Gasteiger partial charge in [0.25, 0.3) is 5.91 Å². The summed E-state index contributed by atoms with van der Waals surface area (Å²) in [6.45, 7) is 0.770. The molecule has 3 aromatic carbocycles. The molecule has 0 unspecified atom stereocenters. The molecule has 1 aromatic heterocycles. The van der Waals surface area contributed by atoms with Crippen molar-refractivity contribution in [3.63, 3.8) is 0 Å². The number of nitrogens with one attached hydrogen (secondary N) is 1. The molecule has 0 bridgehead atoms. The van der Waals surface area contributed by atoms with E-state index < -0.39 is 23.5 Å². The minimum Gasteiger partial charge on any atom is -0.447 e. The van der Waals surface area contributed by atoms with Gasteiger partial charge in [-0.05, 0) is 34.9 Å². The van der Waals surface area contributed by atoms with Crippen LogP contribution in [0.15, 0.2) is 89.5 Å². The molecule has 1 heterocycles. The van der Waals surface area contributed by atoms with Crippen LogP contribution in [0.25, 0.3) is 0 Å². The van der Waals surface area contributed by atoms with Crippen molar-refractivity contribution in [2.24, 2.45) is 0 Å². The lowest BCUT2D eigenvalue weighted by Gasteiger charge is -2.21. The third-order valence-electron chi connectivity index (χ3n) is 5.39. The summed E-state index contributed by atoms with van der Waals surface area (Å²) < 4.78 is 58.7. The lowest BCUT2D eigenvalue weighted by Crippen LogP contribution is -2.24. The summed E-state index contributed by atoms with van der Waals surface area (Å²) in [7, 11) is 0. The van der Waals surface area contributed by atoms with E-state index in [0.717, 1.165) is 17.7 Å². The van der Waals surface area contributed by atoms with Gasteiger partial charge < -0.3 is 9.73 Å². The number of benzene rings is 3. The first-order valence-corrected chi connectivity index (χ1v) is 11.2. The Hall–Kier alpha value is -3.98. The highest BCUT2D eigenvalue weighted by atomic mass is 19.4. The Balaban J connectivity index is 1.48. The van der Waals surface area contributed by atoms with E-state index in [4.69, 9.17) is 4.42 Å². The Morgan fingerprint density at radius 2 is 1.53 bits per heavy atom. The maximum atomic E-state index is 13.7. The molecule has 1 amide bonds. The number of alkyl halides is 3. The minimum atomic E-state index is -4.46. The van der Waals surface area contributed by atoms with E-state index in [1.165, 1.54) is 24.5 Å². The first-order chi connectivity index (χ1) is 17.3. The number of hydrogen-bond donors (Lipinski definition) is 1. The highest BCUT2D eigenvalue weighted by Crippen LogP contribution is 2.30. The molecule has 0 aliphatic heterocycles. The smallest absolute Gasteiger partial charge is 0.416 e. The zero-order valence-corrected chi connectivity index (χ0v) is 19.1. The Morgan fingerprint density at radius 3 is 2.22 bits per heavy atom. The van der Waals surface area contributed by atoms with Gasteiger partial charge in [0.05, 0.1) is 12.1 Å². The van der Waals surface area contributed by atoms with Crippen molar-refractivity contribution in [3.05, 3.63) is 125 Å². The van der Waals surface area contributed by atoms with Gasteiger partial charge in [-0.3, -0.25) is 9.69 Å². The van der Waals surface area contributed by atoms with E-state index in [1.807, 2.05) is 30.3 Å². The predicted octanol–water partition coefficient (Wildman–Crippen LogP) is 5.96. The van der Waals surface area contributed by atoms with Crippen LogP contribution >= 0.6 is 0 Å². The minimum absolute atomic E-state index is 0.0886. The third kappa shape index (κ3) is 7.02. The standard InChI is InChI=1S/C27H23F4N3O2/c28-23-11-5-9-21(13-23)16-34(15-20-8-4-10-22(12-20)27(29,30)31)17-25-33-24(18-36-25)26(35)32-14-19-6-2-1-3-7-19/h1-13,18H,14-17H2,(H,32,35). The van der Waals surface area contributed by atoms with Gasteiger partial charge in [-0.25, -0.2) is 9.37 Å². The van der Waals surface area contributed by atoms with Gasteiger partial charge in [0.1, 0.15) is 12.1 Å². The number of nitrogens with zero attached hydrogens (tertiary/aromatic N) is 2. The largest absolute Gasteiger partial charge is 0.447 e. The highest BCUT2D eigenvalue weighted by molar-refractivity contribution is 5.91. The van der Waals surface area contributed by atoms with Gasteiger partial charge in [0.15, 0.2) is 5.69 Å². The second kappa shape index (κ2) is 11.2. The van der Waals surface area contributed by atoms with E-state index in [1.54, 1.807) is 23.1 Å². The molecule has 0 spiro atoms. The van der Waals surface area contributed by atoms with E-state index in [9.17, 15) is 22.4 Å². The summed E-state index contributed by atoms with van der Waals surface area (Å²) in [6, 6.07) is 20.4. The molecule has 186 valence electrons. The number of carbonyl (C=O) groups is 1. The summed E-state index contributed by atoms with van der Waals surface area (Å²) in [6.07, 6.45) is -3.23. The van der Waals surface area contributed by atoms with Crippen molar-refractivity contribution in [3.8, 4) is 0 Å². The molecule has 0 fully saturated rings. The fourth-order valence-electron chi connectivity index (χ4n) is 3.71. The first-order valence-electron chi connectivity index (χ1n) is 11.2. The summed E-state index contributed by atoms with van der Waals surface area (Å²) >= 11 is 0. The zero-order chi connectivity index (χ0) is 25.5. The summed E-state index contributed by atoms with van der Waals surface area (Å²) in [5.41, 5.74) is 1.32. The Kier molecular flexibility index (Phi) is 7.80. The van der Waals surface area contributed by atoms with E-state index in [0.29, 0.717) is 17.7 Å². The fourth-order valence-corrected chi connectivity index (χ4v) is 3.71. The molecule has 0 atom stereocenters. The highest BCUT2D eigenvalue weighted by Gasteiger charge is 2.30. The topological polar surface area (TPSA) is 58.4 Å². The number of oxazole rings is 1. The second-order valence-corrected chi connectivity index (χ2v) is 8.27. The van der Waals surface area contributed by atoms with E-state index in [2.05, 4.69) is 10.3 Å². The molecule has 9 heteroatoms. The molecule has 36 heavy (non-hydrogen) atoms. The number of amides is 1. The lowest BCUT2D eigenvalue weighted by molar-refractivity contribution is -0.137. The number of hydrogen-bond acceptors (Lipinski definition) is 4. The lowest BCUT2D eigenvalue weighted by atomic mass is 10.1. The average Bonchev–Trinajstić information content (AvgIpc) is 3.31. The predicted molar refractivity (Wildman–Crippen MR) is 125 cm³/mol. The summed E-state index contributed by atoms with van der Waals surface area (Å²) in [5.74, 6) is -0.619. The molecule has 4 rings (SSSR count). The molecule has 1 N–H and O–H groups in total. The van der Waals surface area contributed by atoms with E-state index in [-0.39, 0.29) is 31.2 Å². The van der Waals surface area contributed by atoms with Crippen molar-refractivity contribution in [2.75, 3.05) is 0 Å². The fraction of sp³-hybridized carbons (Fsp3) is 0.185. The molecule has 0 aliphatic carbocycles. The van der Waals surface area contributed by atoms with Gasteiger partial charge in [-0.15, -0.1) is 0 Å². The second-order valence-electron chi connectivity index (χ2n) is 8.27. The van der Waals surface area contributed by atoms with Crippen molar-refractivity contribution >= 4 is 5.91 Å². The average molecular weight is 497 g/mol. The molecular weight excluding hydrogens is 474 g/mol. The van der Waals surface area contributed by atoms with Crippen LogP contribution in [0.4, 0.5) is 17.6 Å². The van der Waals surface area contributed by atoms with Crippen LogP contribution in [0.1, 0.15) is 38.6 Å². The zero-order valence-electron chi connectivity index (χ0n) is 19.1. The van der Waals surface area contributed by atoms with Crippen LogP contribution in [-0.4, -0.2) is 15.8 Å². The van der Waals surface area contributed by atoms with Crippen molar-refractivity contribution in [1.82, 2.24) is 15.2 Å². The Bertz CT molecular complexity index is 1310. The van der Waals surface area contributed by atoms with Gasteiger partial charge in [-0.1, -0.05) is 60.7 Å². The quantitative estimate of drug-likeness (QED) is 0.290. The Labute approximate surface area is 205 Å². The van der Waals surface area contributed by atoms with Crippen LogP contribution in [0.3, 0.4) is 0 Å². The maximum absolute atomic E-state index is 13.7. The SMILES string of the molecule is O=C(NCc1ccccc1)c1coc(CN(Cc2cccc(F)c2)Cc2cccc(C(F)(F)F)c2)n1. The Morgan fingerprint density at radius 1 is 0.861 bits per heavy atom. The van der Waals surface area contributed by atoms with Crippen LogP contribution in [0, 0.1) is 5.82 Å². The molecule has 0 saturated carbocycles. The molecule has 0 radical (unpaired) electrons. The maximum Gasteiger partial charge on any atom is 0.416 e. The van der Waals surface area contributed by atoms with Crippen molar-refractivity contribution in [2.45, 2.75) is 32.4 Å². The van der Waals surface area contributed by atoms with Crippen molar-refractivity contribution < 1.29 is 26.8 Å². The van der Waals surface area contributed by atoms with Gasteiger partial charge in [-0.2, -0.15) is 13.2 Å².